The van der Waals surface area contributed by atoms with Crippen molar-refractivity contribution in [3.8, 4) is 0 Å². The topological polar surface area (TPSA) is 55.6 Å². The van der Waals surface area contributed by atoms with Crippen LogP contribution in [0.25, 0.3) is 0 Å². The molecule has 2 fully saturated rings. The van der Waals surface area contributed by atoms with Gasteiger partial charge >= 0.3 is 0 Å². The van der Waals surface area contributed by atoms with Gasteiger partial charge in [-0.1, -0.05) is 0 Å². The first-order valence-corrected chi connectivity index (χ1v) is 7.45. The van der Waals surface area contributed by atoms with Crippen LogP contribution in [0.3, 0.4) is 0 Å². The Kier molecular flexibility index (Phi) is 3.81. The lowest BCUT2D eigenvalue weighted by Crippen LogP contribution is -2.48. The molecule has 2 unspecified atom stereocenters. The van der Waals surface area contributed by atoms with Crippen molar-refractivity contribution in [2.24, 2.45) is 0 Å². The minimum atomic E-state index is -0.376. The Morgan fingerprint density at radius 2 is 2.30 bits per heavy atom. The van der Waals surface area contributed by atoms with Gasteiger partial charge in [-0.25, -0.2) is 0 Å². The van der Waals surface area contributed by atoms with Crippen LogP contribution in [0, 0.1) is 10.1 Å². The van der Waals surface area contributed by atoms with Crippen molar-refractivity contribution >= 4 is 23.0 Å². The summed E-state index contributed by atoms with van der Waals surface area (Å²) in [6, 6.07) is 5.64. The third kappa shape index (κ3) is 2.36. The molecule has 6 heteroatoms. The summed E-state index contributed by atoms with van der Waals surface area (Å²) in [6.45, 7) is 1.55. The molecule has 2 atom stereocenters. The van der Waals surface area contributed by atoms with E-state index in [0.717, 1.165) is 25.1 Å². The Hall–Kier alpha value is -1.33. The highest BCUT2D eigenvalue weighted by Crippen LogP contribution is 2.35. The zero-order valence-electron chi connectivity index (χ0n) is 11.1. The Morgan fingerprint density at radius 1 is 1.45 bits per heavy atom. The maximum absolute atomic E-state index is 11.0. The van der Waals surface area contributed by atoms with E-state index in [1.54, 1.807) is 6.07 Å². The van der Waals surface area contributed by atoms with E-state index in [4.69, 9.17) is 16.3 Å². The zero-order chi connectivity index (χ0) is 14.1. The van der Waals surface area contributed by atoms with Crippen LogP contribution in [0.1, 0.15) is 24.8 Å². The average molecular weight is 297 g/mol. The van der Waals surface area contributed by atoms with E-state index in [9.17, 15) is 10.1 Å². The van der Waals surface area contributed by atoms with Crippen LogP contribution in [-0.2, 0) is 10.6 Å². The predicted molar refractivity (Wildman–Crippen MR) is 77.4 cm³/mol. The Bertz CT molecular complexity index is 523. The van der Waals surface area contributed by atoms with Crippen LogP contribution in [0.4, 0.5) is 11.4 Å². The summed E-state index contributed by atoms with van der Waals surface area (Å²) in [5.74, 6) is 0.155. The quantitative estimate of drug-likeness (QED) is 0.488. The summed E-state index contributed by atoms with van der Waals surface area (Å²) in [7, 11) is 0. The van der Waals surface area contributed by atoms with Crippen molar-refractivity contribution in [1.82, 2.24) is 0 Å². The van der Waals surface area contributed by atoms with Gasteiger partial charge in [-0.2, -0.15) is 0 Å². The van der Waals surface area contributed by atoms with Crippen molar-refractivity contribution < 1.29 is 9.66 Å². The molecule has 3 rings (SSSR count). The monoisotopic (exact) mass is 296 g/mol. The van der Waals surface area contributed by atoms with E-state index in [1.807, 2.05) is 12.1 Å². The van der Waals surface area contributed by atoms with Crippen molar-refractivity contribution in [1.29, 1.82) is 0 Å². The van der Waals surface area contributed by atoms with Crippen molar-refractivity contribution in [3.05, 3.63) is 33.9 Å². The van der Waals surface area contributed by atoms with Crippen LogP contribution in [-0.4, -0.2) is 30.2 Å². The summed E-state index contributed by atoms with van der Waals surface area (Å²) < 4.78 is 5.80. The SMILES string of the molecule is O=[N+]([O-])c1ccc(N2CCOC3CCCC32)cc1CCl. The minimum Gasteiger partial charge on any atom is -0.374 e. The highest BCUT2D eigenvalue weighted by Gasteiger charge is 2.36. The Labute approximate surface area is 122 Å². The van der Waals surface area contributed by atoms with E-state index in [0.29, 0.717) is 24.3 Å². The van der Waals surface area contributed by atoms with E-state index < -0.39 is 0 Å². The van der Waals surface area contributed by atoms with Crippen LogP contribution in [0.5, 0.6) is 0 Å². The number of hydrogen-bond donors (Lipinski definition) is 0. The smallest absolute Gasteiger partial charge is 0.273 e. The molecule has 1 aliphatic heterocycles. The van der Waals surface area contributed by atoms with E-state index in [1.165, 1.54) is 6.42 Å². The van der Waals surface area contributed by atoms with Crippen LogP contribution < -0.4 is 4.90 Å². The third-order valence-electron chi connectivity index (χ3n) is 4.22. The number of ether oxygens (including phenoxy) is 1. The second kappa shape index (κ2) is 5.58. The molecule has 1 aromatic rings. The number of halogens is 1. The number of nitro benzene ring substituents is 1. The van der Waals surface area contributed by atoms with Gasteiger partial charge in [0.1, 0.15) is 0 Å². The lowest BCUT2D eigenvalue weighted by molar-refractivity contribution is -0.385. The Morgan fingerprint density at radius 3 is 3.05 bits per heavy atom. The molecule has 0 aromatic heterocycles. The molecule has 0 amide bonds. The molecule has 20 heavy (non-hydrogen) atoms. The van der Waals surface area contributed by atoms with Gasteiger partial charge in [0, 0.05) is 23.9 Å². The van der Waals surface area contributed by atoms with Gasteiger partial charge in [0.15, 0.2) is 0 Å². The predicted octanol–water partition coefficient (Wildman–Crippen LogP) is 3.09. The van der Waals surface area contributed by atoms with Crippen molar-refractivity contribution in [2.75, 3.05) is 18.1 Å². The third-order valence-corrected chi connectivity index (χ3v) is 4.51. The molecule has 1 aliphatic carbocycles. The van der Waals surface area contributed by atoms with Gasteiger partial charge in [-0.3, -0.25) is 10.1 Å². The number of fused-ring (bicyclic) bond motifs is 1. The number of benzene rings is 1. The molecule has 0 radical (unpaired) electrons. The molecule has 1 saturated carbocycles. The van der Waals surface area contributed by atoms with Gasteiger partial charge in [0.2, 0.25) is 0 Å². The fourth-order valence-electron chi connectivity index (χ4n) is 3.28. The van der Waals surface area contributed by atoms with E-state index in [2.05, 4.69) is 4.90 Å². The van der Waals surface area contributed by atoms with Gasteiger partial charge in [-0.05, 0) is 31.4 Å². The normalized spacial score (nSPS) is 25.6. The molecular formula is C14H17ClN2O3. The minimum absolute atomic E-state index is 0.0972. The van der Waals surface area contributed by atoms with E-state index in [-0.39, 0.29) is 16.5 Å². The number of nitro groups is 1. The summed E-state index contributed by atoms with van der Waals surface area (Å²) in [5.41, 5.74) is 1.70. The zero-order valence-corrected chi connectivity index (χ0v) is 11.9. The molecule has 2 aliphatic rings. The summed E-state index contributed by atoms with van der Waals surface area (Å²) in [6.07, 6.45) is 3.72. The molecule has 108 valence electrons. The van der Waals surface area contributed by atoms with Crippen molar-refractivity contribution in [3.63, 3.8) is 0 Å². The highest BCUT2D eigenvalue weighted by atomic mass is 35.5. The number of morpholine rings is 1. The van der Waals surface area contributed by atoms with Crippen LogP contribution in [0.2, 0.25) is 0 Å². The first kappa shape index (κ1) is 13.6. The molecule has 1 heterocycles. The fraction of sp³-hybridized carbons (Fsp3) is 0.571. The van der Waals surface area contributed by atoms with Gasteiger partial charge in [0.25, 0.3) is 5.69 Å². The first-order chi connectivity index (χ1) is 9.70. The summed E-state index contributed by atoms with van der Waals surface area (Å²) in [4.78, 5) is 12.9. The fourth-order valence-corrected chi connectivity index (χ4v) is 3.50. The molecule has 0 spiro atoms. The highest BCUT2D eigenvalue weighted by molar-refractivity contribution is 6.17. The lowest BCUT2D eigenvalue weighted by atomic mass is 10.1. The Balaban J connectivity index is 1.91. The summed E-state index contributed by atoms with van der Waals surface area (Å²) in [5, 5.41) is 11.0. The number of anilines is 1. The molecule has 1 saturated heterocycles. The molecule has 0 bridgehead atoms. The van der Waals surface area contributed by atoms with Crippen LogP contribution >= 0.6 is 11.6 Å². The number of hydrogen-bond acceptors (Lipinski definition) is 4. The maximum Gasteiger partial charge on any atom is 0.273 e. The van der Waals surface area contributed by atoms with Crippen molar-refractivity contribution in [2.45, 2.75) is 37.3 Å². The number of alkyl halides is 1. The van der Waals surface area contributed by atoms with Crippen LogP contribution in [0.15, 0.2) is 18.2 Å². The lowest BCUT2D eigenvalue weighted by Gasteiger charge is -2.39. The second-order valence-corrected chi connectivity index (χ2v) is 5.57. The molecule has 0 N–H and O–H groups in total. The van der Waals surface area contributed by atoms with E-state index >= 15 is 0 Å². The molecular weight excluding hydrogens is 280 g/mol. The standard InChI is InChI=1S/C14H17ClN2O3/c15-9-10-8-11(4-5-12(10)17(18)19)16-6-7-20-14-3-1-2-13(14)16/h4-5,8,13-14H,1-3,6-7,9H2. The molecule has 1 aromatic carbocycles. The second-order valence-electron chi connectivity index (χ2n) is 5.30. The number of nitrogens with zero attached hydrogens (tertiary/aromatic N) is 2. The van der Waals surface area contributed by atoms with Gasteiger partial charge in [0.05, 0.1) is 29.6 Å². The molecule has 5 nitrogen and oxygen atoms in total. The number of rotatable bonds is 3. The first-order valence-electron chi connectivity index (χ1n) is 6.92. The summed E-state index contributed by atoms with van der Waals surface area (Å²) >= 11 is 5.85. The van der Waals surface area contributed by atoms with Gasteiger partial charge in [-0.15, -0.1) is 11.6 Å². The largest absolute Gasteiger partial charge is 0.374 e. The van der Waals surface area contributed by atoms with Gasteiger partial charge < -0.3 is 9.64 Å². The average Bonchev–Trinajstić information content (AvgIpc) is 2.94. The maximum atomic E-state index is 11.0.